The molecule has 1 saturated carbocycles. The van der Waals surface area contributed by atoms with Gasteiger partial charge in [-0.25, -0.2) is 0 Å². The van der Waals surface area contributed by atoms with Gasteiger partial charge in [-0.15, -0.1) is 0 Å². The summed E-state index contributed by atoms with van der Waals surface area (Å²) >= 11 is 0. The lowest BCUT2D eigenvalue weighted by atomic mass is 9.89. The highest BCUT2D eigenvalue weighted by Gasteiger charge is 2.16. The van der Waals surface area contributed by atoms with Crippen molar-refractivity contribution < 1.29 is 0 Å². The summed E-state index contributed by atoms with van der Waals surface area (Å²) in [6, 6.07) is 10.6. The molecule has 16 heavy (non-hydrogen) atoms. The van der Waals surface area contributed by atoms with Gasteiger partial charge in [0, 0.05) is 11.6 Å². The first-order valence-electron chi connectivity index (χ1n) is 5.80. The van der Waals surface area contributed by atoms with E-state index in [1.54, 1.807) is 0 Å². The highest BCUT2D eigenvalue weighted by molar-refractivity contribution is 5.87. The van der Waals surface area contributed by atoms with Crippen molar-refractivity contribution in [2.45, 2.75) is 32.6 Å². The molecule has 0 radical (unpaired) electrons. The lowest BCUT2D eigenvalue weighted by Crippen LogP contribution is -2.12. The Morgan fingerprint density at radius 1 is 1.31 bits per heavy atom. The molecule has 0 N–H and O–H groups in total. The molecule has 0 bridgehead atoms. The van der Waals surface area contributed by atoms with Crippen LogP contribution >= 0.6 is 0 Å². The maximum atomic E-state index is 8.81. The Kier molecular flexibility index (Phi) is 3.36. The fourth-order valence-electron chi connectivity index (χ4n) is 2.07. The van der Waals surface area contributed by atoms with Crippen LogP contribution in [0.4, 0.5) is 5.69 Å². The predicted octanol–water partition coefficient (Wildman–Crippen LogP) is 3.78. The fourth-order valence-corrected chi connectivity index (χ4v) is 2.07. The highest BCUT2D eigenvalue weighted by atomic mass is 14.7. The first-order chi connectivity index (χ1) is 7.78. The summed E-state index contributed by atoms with van der Waals surface area (Å²) < 4.78 is 0. The van der Waals surface area contributed by atoms with Gasteiger partial charge in [0.05, 0.1) is 11.8 Å². The second kappa shape index (κ2) is 4.94. The lowest BCUT2D eigenvalue weighted by molar-refractivity contribution is 0.546. The number of benzene rings is 1. The molecule has 2 heteroatoms. The van der Waals surface area contributed by atoms with Crippen LogP contribution in [0.2, 0.25) is 0 Å². The Morgan fingerprint density at radius 2 is 2.06 bits per heavy atom. The molecule has 0 amide bonds. The lowest BCUT2D eigenvalue weighted by Gasteiger charge is -2.17. The van der Waals surface area contributed by atoms with Gasteiger partial charge in [-0.1, -0.05) is 12.1 Å². The fraction of sp³-hybridized carbons (Fsp3) is 0.429. The van der Waals surface area contributed by atoms with Gasteiger partial charge in [-0.2, -0.15) is 5.26 Å². The molecule has 1 aliphatic carbocycles. The largest absolute Gasteiger partial charge is 0.258 e. The monoisotopic (exact) mass is 212 g/mol. The van der Waals surface area contributed by atoms with Crippen molar-refractivity contribution in [2.75, 3.05) is 0 Å². The van der Waals surface area contributed by atoms with Gasteiger partial charge in [0.2, 0.25) is 0 Å². The van der Waals surface area contributed by atoms with E-state index in [0.717, 1.165) is 31.4 Å². The van der Waals surface area contributed by atoms with Crippen molar-refractivity contribution in [2.24, 2.45) is 10.9 Å². The normalized spacial score (nSPS) is 20.2. The first kappa shape index (κ1) is 10.9. The Bertz CT molecular complexity index is 430. The van der Waals surface area contributed by atoms with Crippen molar-refractivity contribution in [1.29, 1.82) is 5.26 Å². The summed E-state index contributed by atoms with van der Waals surface area (Å²) in [5.74, 6) is 0.247. The Balaban J connectivity index is 2.06. The summed E-state index contributed by atoms with van der Waals surface area (Å²) in [7, 11) is 0. The quantitative estimate of drug-likeness (QED) is 0.697. The molecular weight excluding hydrogens is 196 g/mol. The number of aliphatic imine (C=N–C) groups is 1. The summed E-state index contributed by atoms with van der Waals surface area (Å²) in [6.07, 6.45) is 3.90. The van der Waals surface area contributed by atoms with E-state index >= 15 is 0 Å². The van der Waals surface area contributed by atoms with E-state index in [2.05, 4.69) is 30.1 Å². The third kappa shape index (κ3) is 2.70. The van der Waals surface area contributed by atoms with Crippen LogP contribution in [0.1, 0.15) is 31.2 Å². The highest BCUT2D eigenvalue weighted by Crippen LogP contribution is 2.24. The summed E-state index contributed by atoms with van der Waals surface area (Å²) in [6.45, 7) is 2.08. The number of rotatable bonds is 1. The van der Waals surface area contributed by atoms with E-state index in [1.165, 1.54) is 11.3 Å². The zero-order valence-corrected chi connectivity index (χ0v) is 9.61. The average molecular weight is 212 g/mol. The molecule has 0 spiro atoms. The maximum absolute atomic E-state index is 8.81. The number of hydrogen-bond acceptors (Lipinski definition) is 2. The van der Waals surface area contributed by atoms with E-state index in [4.69, 9.17) is 5.26 Å². The number of nitriles is 1. The topological polar surface area (TPSA) is 36.1 Å². The van der Waals surface area contributed by atoms with E-state index in [-0.39, 0.29) is 5.92 Å². The van der Waals surface area contributed by atoms with Gasteiger partial charge in [0.25, 0.3) is 0 Å². The Labute approximate surface area is 96.6 Å². The summed E-state index contributed by atoms with van der Waals surface area (Å²) in [4.78, 5) is 4.65. The second-order valence-electron chi connectivity index (χ2n) is 4.42. The van der Waals surface area contributed by atoms with Crippen molar-refractivity contribution in [3.63, 3.8) is 0 Å². The van der Waals surface area contributed by atoms with Gasteiger partial charge in [0.1, 0.15) is 0 Å². The maximum Gasteiger partial charge on any atom is 0.0656 e. The smallest absolute Gasteiger partial charge is 0.0656 e. The van der Waals surface area contributed by atoms with Crippen molar-refractivity contribution in [3.05, 3.63) is 29.8 Å². The number of nitrogens with zero attached hydrogens (tertiary/aromatic N) is 2. The number of aryl methyl sites for hydroxylation is 1. The molecule has 1 aliphatic rings. The van der Waals surface area contributed by atoms with Crippen LogP contribution in [0.15, 0.2) is 29.3 Å². The minimum absolute atomic E-state index is 0.247. The average Bonchev–Trinajstić information content (AvgIpc) is 2.30. The van der Waals surface area contributed by atoms with Crippen molar-refractivity contribution >= 4 is 11.4 Å². The van der Waals surface area contributed by atoms with Gasteiger partial charge in [-0.3, -0.25) is 4.99 Å². The van der Waals surface area contributed by atoms with Crippen LogP contribution in [-0.4, -0.2) is 5.71 Å². The van der Waals surface area contributed by atoms with E-state index in [1.807, 2.05) is 12.1 Å². The number of hydrogen-bond donors (Lipinski definition) is 0. The van der Waals surface area contributed by atoms with Crippen LogP contribution < -0.4 is 0 Å². The molecule has 2 nitrogen and oxygen atoms in total. The predicted molar refractivity (Wildman–Crippen MR) is 65.8 cm³/mol. The molecule has 0 aromatic heterocycles. The van der Waals surface area contributed by atoms with Gasteiger partial charge >= 0.3 is 0 Å². The SMILES string of the molecule is Cc1cccc(N=C2CCC(C#N)CC2)c1. The summed E-state index contributed by atoms with van der Waals surface area (Å²) in [5.41, 5.74) is 3.54. The van der Waals surface area contributed by atoms with Crippen molar-refractivity contribution in [1.82, 2.24) is 0 Å². The van der Waals surface area contributed by atoms with Crippen LogP contribution in [0.25, 0.3) is 0 Å². The molecule has 1 fully saturated rings. The Morgan fingerprint density at radius 3 is 2.69 bits per heavy atom. The zero-order chi connectivity index (χ0) is 11.4. The third-order valence-corrected chi connectivity index (χ3v) is 3.03. The van der Waals surface area contributed by atoms with E-state index in [9.17, 15) is 0 Å². The van der Waals surface area contributed by atoms with E-state index in [0.29, 0.717) is 0 Å². The molecule has 0 aliphatic heterocycles. The third-order valence-electron chi connectivity index (χ3n) is 3.03. The zero-order valence-electron chi connectivity index (χ0n) is 9.61. The van der Waals surface area contributed by atoms with Crippen LogP contribution in [-0.2, 0) is 0 Å². The standard InChI is InChI=1S/C14H16N2/c1-11-3-2-4-14(9-11)16-13-7-5-12(10-15)6-8-13/h2-4,9,12H,5-8H2,1H3. The van der Waals surface area contributed by atoms with Gasteiger partial charge in [0.15, 0.2) is 0 Å². The second-order valence-corrected chi connectivity index (χ2v) is 4.42. The van der Waals surface area contributed by atoms with Crippen LogP contribution in [0.3, 0.4) is 0 Å². The van der Waals surface area contributed by atoms with Crippen LogP contribution in [0, 0.1) is 24.2 Å². The molecular formula is C14H16N2. The Hall–Kier alpha value is -1.62. The molecule has 0 heterocycles. The summed E-state index contributed by atoms with van der Waals surface area (Å²) in [5, 5.41) is 8.81. The molecule has 1 aromatic carbocycles. The molecule has 0 saturated heterocycles. The van der Waals surface area contributed by atoms with Crippen LogP contribution in [0.5, 0.6) is 0 Å². The van der Waals surface area contributed by atoms with Gasteiger partial charge in [-0.05, 0) is 50.3 Å². The van der Waals surface area contributed by atoms with E-state index < -0.39 is 0 Å². The molecule has 82 valence electrons. The molecule has 2 rings (SSSR count). The first-order valence-corrected chi connectivity index (χ1v) is 5.80. The molecule has 0 unspecified atom stereocenters. The molecule has 1 aromatic rings. The van der Waals surface area contributed by atoms with Crippen molar-refractivity contribution in [3.8, 4) is 6.07 Å². The molecule has 0 atom stereocenters. The minimum Gasteiger partial charge on any atom is -0.258 e. The van der Waals surface area contributed by atoms with Gasteiger partial charge < -0.3 is 0 Å². The minimum atomic E-state index is 0.247.